The van der Waals surface area contributed by atoms with Gasteiger partial charge in [0.15, 0.2) is 0 Å². The first-order valence-corrected chi connectivity index (χ1v) is 7.75. The highest BCUT2D eigenvalue weighted by molar-refractivity contribution is 5.15. The van der Waals surface area contributed by atoms with E-state index in [0.717, 1.165) is 26.1 Å². The van der Waals surface area contributed by atoms with Gasteiger partial charge in [-0.3, -0.25) is 4.90 Å². The average Bonchev–Trinajstić information content (AvgIpc) is 2.77. The Kier molecular flexibility index (Phi) is 5.58. The fourth-order valence-electron chi connectivity index (χ4n) is 2.74. The highest BCUT2D eigenvalue weighted by Gasteiger charge is 2.30. The number of aliphatic hydroxyl groups is 1. The summed E-state index contributed by atoms with van der Waals surface area (Å²) in [7, 11) is 0. The monoisotopic (exact) mass is 276 g/mol. The Labute approximate surface area is 123 Å². The van der Waals surface area contributed by atoms with Gasteiger partial charge in [-0.05, 0) is 24.8 Å². The van der Waals surface area contributed by atoms with Crippen LogP contribution in [-0.4, -0.2) is 41.3 Å². The molecule has 112 valence electrons. The zero-order valence-electron chi connectivity index (χ0n) is 12.9. The summed E-state index contributed by atoms with van der Waals surface area (Å²) < 4.78 is 0. The number of likely N-dealkylation sites (tertiary alicyclic amines) is 1. The predicted octanol–water partition coefficient (Wildman–Crippen LogP) is 2.26. The summed E-state index contributed by atoms with van der Waals surface area (Å²) in [5.41, 5.74) is 1.32. The average molecular weight is 276 g/mol. The maximum atomic E-state index is 9.95. The lowest BCUT2D eigenvalue weighted by atomic mass is 10.1. The molecule has 20 heavy (non-hydrogen) atoms. The van der Waals surface area contributed by atoms with Crippen LogP contribution in [0, 0.1) is 5.92 Å². The zero-order chi connectivity index (χ0) is 14.5. The van der Waals surface area contributed by atoms with E-state index in [0.29, 0.717) is 18.0 Å². The van der Waals surface area contributed by atoms with Crippen LogP contribution in [0.25, 0.3) is 0 Å². The van der Waals surface area contributed by atoms with Crippen LogP contribution in [0.4, 0.5) is 0 Å². The van der Waals surface area contributed by atoms with Crippen LogP contribution in [-0.2, 0) is 6.54 Å². The largest absolute Gasteiger partial charge is 0.392 e. The van der Waals surface area contributed by atoms with Gasteiger partial charge < -0.3 is 10.4 Å². The molecule has 1 fully saturated rings. The molecule has 1 aliphatic rings. The molecule has 3 nitrogen and oxygen atoms in total. The number of hydrogen-bond donors (Lipinski definition) is 2. The number of nitrogens with one attached hydrogen (secondary N) is 1. The standard InChI is InChI=1S/C17H28N2O/c1-13(2)14(3)18-10-16-9-17(20)12-19(16)11-15-7-5-4-6-8-15/h4-8,13-14,16-18,20H,9-12H2,1-3H3. The van der Waals surface area contributed by atoms with Crippen molar-refractivity contribution in [3.8, 4) is 0 Å². The predicted molar refractivity (Wildman–Crippen MR) is 83.6 cm³/mol. The number of β-amino-alcohol motifs (C(OH)–C–C–N with tert-alkyl or cyclic N) is 1. The van der Waals surface area contributed by atoms with Gasteiger partial charge in [-0.2, -0.15) is 0 Å². The van der Waals surface area contributed by atoms with Crippen LogP contribution in [0.3, 0.4) is 0 Å². The summed E-state index contributed by atoms with van der Waals surface area (Å²) in [5.74, 6) is 0.642. The molecule has 0 aliphatic carbocycles. The van der Waals surface area contributed by atoms with Crippen LogP contribution < -0.4 is 5.32 Å². The molecule has 3 atom stereocenters. The van der Waals surface area contributed by atoms with Gasteiger partial charge in [0.1, 0.15) is 0 Å². The molecule has 1 aromatic carbocycles. The fourth-order valence-corrected chi connectivity index (χ4v) is 2.74. The summed E-state index contributed by atoms with van der Waals surface area (Å²) in [6.45, 7) is 9.39. The third-order valence-corrected chi connectivity index (χ3v) is 4.41. The first-order chi connectivity index (χ1) is 9.56. The van der Waals surface area contributed by atoms with Gasteiger partial charge in [-0.1, -0.05) is 44.2 Å². The topological polar surface area (TPSA) is 35.5 Å². The Morgan fingerprint density at radius 3 is 2.60 bits per heavy atom. The first-order valence-electron chi connectivity index (χ1n) is 7.75. The summed E-state index contributed by atoms with van der Waals surface area (Å²) in [6.07, 6.45) is 0.699. The molecule has 0 saturated carbocycles. The smallest absolute Gasteiger partial charge is 0.0682 e. The van der Waals surface area contributed by atoms with Crippen LogP contribution in [0.15, 0.2) is 30.3 Å². The van der Waals surface area contributed by atoms with Crippen molar-refractivity contribution < 1.29 is 5.11 Å². The Morgan fingerprint density at radius 1 is 1.25 bits per heavy atom. The van der Waals surface area contributed by atoms with Gasteiger partial charge in [0.05, 0.1) is 6.10 Å². The minimum absolute atomic E-state index is 0.181. The number of nitrogens with zero attached hydrogens (tertiary/aromatic N) is 1. The second-order valence-corrected chi connectivity index (χ2v) is 6.40. The van der Waals surface area contributed by atoms with Crippen LogP contribution in [0.1, 0.15) is 32.8 Å². The van der Waals surface area contributed by atoms with Crippen molar-refractivity contribution in [1.29, 1.82) is 0 Å². The lowest BCUT2D eigenvalue weighted by molar-refractivity contribution is 0.172. The fraction of sp³-hybridized carbons (Fsp3) is 0.647. The van der Waals surface area contributed by atoms with Crippen LogP contribution in [0.2, 0.25) is 0 Å². The summed E-state index contributed by atoms with van der Waals surface area (Å²) in [4.78, 5) is 2.40. The Bertz CT molecular complexity index is 393. The highest BCUT2D eigenvalue weighted by atomic mass is 16.3. The van der Waals surface area contributed by atoms with Crippen LogP contribution in [0.5, 0.6) is 0 Å². The molecule has 1 aliphatic heterocycles. The van der Waals surface area contributed by atoms with Crippen molar-refractivity contribution in [2.24, 2.45) is 5.92 Å². The van der Waals surface area contributed by atoms with E-state index in [1.807, 2.05) is 6.07 Å². The Morgan fingerprint density at radius 2 is 1.95 bits per heavy atom. The second kappa shape index (κ2) is 7.21. The van der Waals surface area contributed by atoms with E-state index in [-0.39, 0.29) is 6.10 Å². The van der Waals surface area contributed by atoms with E-state index >= 15 is 0 Å². The van der Waals surface area contributed by atoms with Crippen molar-refractivity contribution in [2.75, 3.05) is 13.1 Å². The molecular formula is C17H28N2O. The zero-order valence-corrected chi connectivity index (χ0v) is 12.9. The molecule has 2 N–H and O–H groups in total. The second-order valence-electron chi connectivity index (χ2n) is 6.40. The minimum atomic E-state index is -0.181. The van der Waals surface area contributed by atoms with Crippen molar-refractivity contribution in [3.05, 3.63) is 35.9 Å². The lowest BCUT2D eigenvalue weighted by Gasteiger charge is -2.27. The molecule has 0 spiro atoms. The van der Waals surface area contributed by atoms with E-state index < -0.39 is 0 Å². The van der Waals surface area contributed by atoms with Gasteiger partial charge >= 0.3 is 0 Å². The lowest BCUT2D eigenvalue weighted by Crippen LogP contribution is -2.42. The molecule has 1 aromatic rings. The Hall–Kier alpha value is -0.900. The molecule has 0 radical (unpaired) electrons. The van der Waals surface area contributed by atoms with Crippen molar-refractivity contribution >= 4 is 0 Å². The number of hydrogen-bond acceptors (Lipinski definition) is 3. The Balaban J connectivity index is 1.89. The van der Waals surface area contributed by atoms with Crippen molar-refractivity contribution in [3.63, 3.8) is 0 Å². The SMILES string of the molecule is CC(C)C(C)NCC1CC(O)CN1Cc1ccccc1. The molecular weight excluding hydrogens is 248 g/mol. The number of aliphatic hydroxyl groups excluding tert-OH is 1. The van der Waals surface area contributed by atoms with E-state index in [4.69, 9.17) is 0 Å². The third kappa shape index (κ3) is 4.30. The third-order valence-electron chi connectivity index (χ3n) is 4.41. The molecule has 1 heterocycles. The maximum absolute atomic E-state index is 9.95. The quantitative estimate of drug-likeness (QED) is 0.836. The first kappa shape index (κ1) is 15.5. The maximum Gasteiger partial charge on any atom is 0.0682 e. The molecule has 3 unspecified atom stereocenters. The van der Waals surface area contributed by atoms with Gasteiger partial charge in [-0.15, -0.1) is 0 Å². The van der Waals surface area contributed by atoms with E-state index in [9.17, 15) is 5.11 Å². The number of benzene rings is 1. The normalized spacial score (nSPS) is 25.2. The van der Waals surface area contributed by atoms with Crippen molar-refractivity contribution in [2.45, 2.75) is 51.9 Å². The highest BCUT2D eigenvalue weighted by Crippen LogP contribution is 2.20. The number of rotatable bonds is 6. The molecule has 0 bridgehead atoms. The van der Waals surface area contributed by atoms with Gasteiger partial charge in [0.25, 0.3) is 0 Å². The van der Waals surface area contributed by atoms with E-state index in [1.165, 1.54) is 5.56 Å². The van der Waals surface area contributed by atoms with Crippen LogP contribution >= 0.6 is 0 Å². The van der Waals surface area contributed by atoms with Crippen molar-refractivity contribution in [1.82, 2.24) is 10.2 Å². The van der Waals surface area contributed by atoms with E-state index in [2.05, 4.69) is 55.3 Å². The van der Waals surface area contributed by atoms with Gasteiger partial charge in [-0.25, -0.2) is 0 Å². The van der Waals surface area contributed by atoms with Gasteiger partial charge in [0.2, 0.25) is 0 Å². The molecule has 0 aromatic heterocycles. The molecule has 0 amide bonds. The van der Waals surface area contributed by atoms with Gasteiger partial charge in [0, 0.05) is 31.7 Å². The molecule has 2 rings (SSSR count). The molecule has 1 saturated heterocycles. The summed E-state index contributed by atoms with van der Waals surface area (Å²) >= 11 is 0. The summed E-state index contributed by atoms with van der Waals surface area (Å²) in [5, 5.41) is 13.6. The molecule has 3 heteroatoms. The summed E-state index contributed by atoms with van der Waals surface area (Å²) in [6, 6.07) is 11.5. The van der Waals surface area contributed by atoms with E-state index in [1.54, 1.807) is 0 Å². The minimum Gasteiger partial charge on any atom is -0.392 e.